The molecule has 0 saturated heterocycles. The molecule has 30 heavy (non-hydrogen) atoms. The van der Waals surface area contributed by atoms with Crippen molar-refractivity contribution in [3.8, 4) is 0 Å². The molecule has 2 N–H and O–H groups in total. The maximum atomic E-state index is 12.9. The molecule has 3 heterocycles. The Hall–Kier alpha value is -3.75. The van der Waals surface area contributed by atoms with Gasteiger partial charge in [-0.3, -0.25) is 13.9 Å². The molecule has 0 unspecified atom stereocenters. The minimum atomic E-state index is -2.63. The summed E-state index contributed by atoms with van der Waals surface area (Å²) in [5.41, 5.74) is 2.00. The van der Waals surface area contributed by atoms with E-state index in [2.05, 4.69) is 20.7 Å². The number of aromatic nitrogens is 4. The summed E-state index contributed by atoms with van der Waals surface area (Å²) in [6.45, 7) is 3.97. The maximum absolute atomic E-state index is 12.9. The van der Waals surface area contributed by atoms with Crippen molar-refractivity contribution >= 4 is 28.7 Å². The Morgan fingerprint density at radius 2 is 1.77 bits per heavy atom. The first kappa shape index (κ1) is 19.6. The summed E-state index contributed by atoms with van der Waals surface area (Å²) >= 11 is 0. The Kier molecular flexibility index (Phi) is 5.18. The van der Waals surface area contributed by atoms with Crippen molar-refractivity contribution in [2.75, 3.05) is 10.6 Å². The topological polar surface area (TPSA) is 76.2 Å². The average molecular weight is 410 g/mol. The molecule has 0 atom stereocenters. The summed E-state index contributed by atoms with van der Waals surface area (Å²) in [5.74, 6) is 0.357. The standard InChI is InChI=1S/C21H20F2N6O/c1-13(2)29-11-14(10-24-29)21(30)26-16-8-6-15(7-9-16)25-18-4-3-5-19-27-17(20(22)23)12-28(18)19/h3-13,20,25H,1-2H3,(H,26,30). The van der Waals surface area contributed by atoms with Gasteiger partial charge in [0.1, 0.15) is 17.2 Å². The first-order chi connectivity index (χ1) is 14.4. The SMILES string of the molecule is CC(C)n1cc(C(=O)Nc2ccc(Nc3cccc4nc(C(F)F)cn34)cc2)cn1. The predicted octanol–water partition coefficient (Wildman–Crippen LogP) is 5.05. The fourth-order valence-corrected chi connectivity index (χ4v) is 2.96. The number of anilines is 3. The Morgan fingerprint density at radius 3 is 2.43 bits per heavy atom. The van der Waals surface area contributed by atoms with Crippen molar-refractivity contribution in [3.05, 3.63) is 72.3 Å². The summed E-state index contributed by atoms with van der Waals surface area (Å²) in [4.78, 5) is 16.3. The summed E-state index contributed by atoms with van der Waals surface area (Å²) in [7, 11) is 0. The minimum absolute atomic E-state index is 0.175. The molecule has 0 fully saturated rings. The van der Waals surface area contributed by atoms with Gasteiger partial charge < -0.3 is 10.6 Å². The van der Waals surface area contributed by atoms with Crippen molar-refractivity contribution in [1.82, 2.24) is 19.2 Å². The lowest BCUT2D eigenvalue weighted by Crippen LogP contribution is -2.11. The third-order valence-corrected chi connectivity index (χ3v) is 4.54. The Balaban J connectivity index is 1.47. The van der Waals surface area contributed by atoms with E-state index in [0.29, 0.717) is 22.7 Å². The van der Waals surface area contributed by atoms with Gasteiger partial charge in [-0.15, -0.1) is 0 Å². The smallest absolute Gasteiger partial charge is 0.281 e. The van der Waals surface area contributed by atoms with Gasteiger partial charge in [0.15, 0.2) is 0 Å². The number of alkyl halides is 2. The number of pyridine rings is 1. The molecule has 0 radical (unpaired) electrons. The summed E-state index contributed by atoms with van der Waals surface area (Å²) < 4.78 is 29.2. The highest BCUT2D eigenvalue weighted by molar-refractivity contribution is 6.04. The van der Waals surface area contributed by atoms with Crippen molar-refractivity contribution in [2.24, 2.45) is 0 Å². The van der Waals surface area contributed by atoms with Crippen LogP contribution in [0.2, 0.25) is 0 Å². The fourth-order valence-electron chi connectivity index (χ4n) is 2.96. The number of imidazole rings is 1. The molecular weight excluding hydrogens is 390 g/mol. The van der Waals surface area contributed by atoms with Crippen LogP contribution in [0.4, 0.5) is 26.0 Å². The molecule has 1 amide bonds. The van der Waals surface area contributed by atoms with E-state index in [1.807, 2.05) is 13.8 Å². The van der Waals surface area contributed by atoms with Gasteiger partial charge in [0.2, 0.25) is 0 Å². The van der Waals surface area contributed by atoms with Crippen LogP contribution in [-0.2, 0) is 0 Å². The third kappa shape index (κ3) is 4.00. The molecule has 0 aliphatic carbocycles. The molecule has 3 aromatic heterocycles. The van der Waals surface area contributed by atoms with Gasteiger partial charge in [-0.1, -0.05) is 6.07 Å². The molecular formula is C21H20F2N6O. The Labute approximate surface area is 171 Å². The number of rotatable bonds is 6. The number of nitrogens with one attached hydrogen (secondary N) is 2. The van der Waals surface area contributed by atoms with Crippen LogP contribution in [-0.4, -0.2) is 25.1 Å². The average Bonchev–Trinajstić information content (AvgIpc) is 3.37. The van der Waals surface area contributed by atoms with E-state index in [4.69, 9.17) is 0 Å². The van der Waals surface area contributed by atoms with Crippen LogP contribution in [0.5, 0.6) is 0 Å². The molecule has 0 saturated carbocycles. The zero-order chi connectivity index (χ0) is 21.3. The monoisotopic (exact) mass is 410 g/mol. The highest BCUT2D eigenvalue weighted by atomic mass is 19.3. The Morgan fingerprint density at radius 1 is 1.03 bits per heavy atom. The van der Waals surface area contributed by atoms with E-state index in [9.17, 15) is 13.6 Å². The quantitative estimate of drug-likeness (QED) is 0.467. The highest BCUT2D eigenvalue weighted by Gasteiger charge is 2.14. The molecule has 0 aliphatic rings. The second kappa shape index (κ2) is 7.94. The van der Waals surface area contributed by atoms with E-state index >= 15 is 0 Å². The van der Waals surface area contributed by atoms with Crippen LogP contribution in [0.15, 0.2) is 61.1 Å². The molecule has 9 heteroatoms. The van der Waals surface area contributed by atoms with Gasteiger partial charge in [0.05, 0.1) is 11.8 Å². The van der Waals surface area contributed by atoms with Crippen molar-refractivity contribution in [3.63, 3.8) is 0 Å². The van der Waals surface area contributed by atoms with E-state index in [1.165, 1.54) is 12.4 Å². The summed E-state index contributed by atoms with van der Waals surface area (Å²) in [6.07, 6.45) is 1.92. The van der Waals surface area contributed by atoms with Crippen LogP contribution < -0.4 is 10.6 Å². The van der Waals surface area contributed by atoms with Gasteiger partial charge in [-0.25, -0.2) is 13.8 Å². The zero-order valence-electron chi connectivity index (χ0n) is 16.4. The molecule has 0 aliphatic heterocycles. The summed E-state index contributed by atoms with van der Waals surface area (Å²) in [6, 6.07) is 12.4. The lowest BCUT2D eigenvalue weighted by atomic mass is 10.2. The number of carbonyl (C=O) groups is 1. The largest absolute Gasteiger partial charge is 0.341 e. The van der Waals surface area contributed by atoms with E-state index < -0.39 is 6.43 Å². The first-order valence-corrected chi connectivity index (χ1v) is 9.39. The Bertz CT molecular complexity index is 1180. The van der Waals surface area contributed by atoms with Crippen LogP contribution in [0.25, 0.3) is 5.65 Å². The van der Waals surface area contributed by atoms with Gasteiger partial charge in [-0.05, 0) is 50.2 Å². The van der Waals surface area contributed by atoms with Gasteiger partial charge in [-0.2, -0.15) is 5.10 Å². The molecule has 7 nitrogen and oxygen atoms in total. The van der Waals surface area contributed by atoms with Gasteiger partial charge in [0, 0.05) is 29.8 Å². The predicted molar refractivity (Wildman–Crippen MR) is 110 cm³/mol. The van der Waals surface area contributed by atoms with E-state index in [-0.39, 0.29) is 17.6 Å². The number of hydrogen-bond acceptors (Lipinski definition) is 4. The number of fused-ring (bicyclic) bond motifs is 1. The van der Waals surface area contributed by atoms with Crippen LogP contribution >= 0.6 is 0 Å². The molecule has 0 bridgehead atoms. The number of hydrogen-bond donors (Lipinski definition) is 2. The normalized spacial score (nSPS) is 11.4. The van der Waals surface area contributed by atoms with Crippen molar-refractivity contribution < 1.29 is 13.6 Å². The summed E-state index contributed by atoms with van der Waals surface area (Å²) in [5, 5.41) is 10.2. The van der Waals surface area contributed by atoms with Crippen LogP contribution in [0, 0.1) is 0 Å². The number of halogens is 2. The lowest BCUT2D eigenvalue weighted by Gasteiger charge is -2.10. The zero-order valence-corrected chi connectivity index (χ0v) is 16.4. The number of nitrogens with zero attached hydrogens (tertiary/aromatic N) is 4. The molecule has 0 spiro atoms. The maximum Gasteiger partial charge on any atom is 0.281 e. The van der Waals surface area contributed by atoms with E-state index in [0.717, 1.165) is 5.69 Å². The molecule has 4 rings (SSSR count). The second-order valence-electron chi connectivity index (χ2n) is 7.06. The molecule has 154 valence electrons. The lowest BCUT2D eigenvalue weighted by molar-refractivity contribution is 0.102. The minimum Gasteiger partial charge on any atom is -0.341 e. The van der Waals surface area contributed by atoms with Gasteiger partial charge >= 0.3 is 0 Å². The van der Waals surface area contributed by atoms with E-state index in [1.54, 1.807) is 57.7 Å². The fraction of sp³-hybridized carbons (Fsp3) is 0.190. The number of amides is 1. The van der Waals surface area contributed by atoms with Crippen molar-refractivity contribution in [1.29, 1.82) is 0 Å². The van der Waals surface area contributed by atoms with Crippen LogP contribution in [0.3, 0.4) is 0 Å². The highest BCUT2D eigenvalue weighted by Crippen LogP contribution is 2.24. The number of benzene rings is 1. The third-order valence-electron chi connectivity index (χ3n) is 4.54. The molecule has 4 aromatic rings. The number of carbonyl (C=O) groups excluding carboxylic acids is 1. The van der Waals surface area contributed by atoms with Crippen molar-refractivity contribution in [2.45, 2.75) is 26.3 Å². The molecule has 1 aromatic carbocycles. The first-order valence-electron chi connectivity index (χ1n) is 9.39. The van der Waals surface area contributed by atoms with Gasteiger partial charge in [0.25, 0.3) is 12.3 Å². The van der Waals surface area contributed by atoms with Crippen LogP contribution in [0.1, 0.15) is 42.4 Å². The second-order valence-corrected chi connectivity index (χ2v) is 7.06.